The third-order valence-electron chi connectivity index (χ3n) is 3.10. The highest BCUT2D eigenvalue weighted by molar-refractivity contribution is 7.90. The average Bonchev–Trinajstić information content (AvgIpc) is 2.47. The van der Waals surface area contributed by atoms with Gasteiger partial charge >= 0.3 is 0 Å². The average molecular weight is 332 g/mol. The van der Waals surface area contributed by atoms with Gasteiger partial charge in [0.1, 0.15) is 0 Å². The van der Waals surface area contributed by atoms with Crippen molar-refractivity contribution in [2.24, 2.45) is 0 Å². The zero-order chi connectivity index (χ0) is 17.0. The summed E-state index contributed by atoms with van der Waals surface area (Å²) < 4.78 is 26.5. The molecule has 6 nitrogen and oxygen atoms in total. The van der Waals surface area contributed by atoms with E-state index < -0.39 is 15.9 Å². The molecule has 0 unspecified atom stereocenters. The van der Waals surface area contributed by atoms with Gasteiger partial charge in [0.2, 0.25) is 5.91 Å². The molecule has 23 heavy (non-hydrogen) atoms. The monoisotopic (exact) mass is 332 g/mol. The summed E-state index contributed by atoms with van der Waals surface area (Å²) in [5.74, 6) is -0.942. The van der Waals surface area contributed by atoms with E-state index in [0.29, 0.717) is 16.8 Å². The van der Waals surface area contributed by atoms with E-state index in [2.05, 4.69) is 5.32 Å². The third kappa shape index (κ3) is 4.17. The minimum Gasteiger partial charge on any atom is -0.326 e. The quantitative estimate of drug-likeness (QED) is 0.896. The Morgan fingerprint density at radius 1 is 0.957 bits per heavy atom. The Bertz CT molecular complexity index is 843. The van der Waals surface area contributed by atoms with Crippen LogP contribution in [0.3, 0.4) is 0 Å². The lowest BCUT2D eigenvalue weighted by molar-refractivity contribution is -0.114. The fraction of sp³-hybridized carbons (Fsp3) is 0.125. The zero-order valence-corrected chi connectivity index (χ0v) is 13.5. The van der Waals surface area contributed by atoms with E-state index in [1.807, 2.05) is 4.72 Å². The molecule has 0 saturated carbocycles. The maximum Gasteiger partial charge on any atom is 0.265 e. The second-order valence-corrected chi connectivity index (χ2v) is 6.64. The van der Waals surface area contributed by atoms with Crippen molar-refractivity contribution in [2.45, 2.75) is 18.7 Å². The number of anilines is 1. The molecule has 0 heterocycles. The summed E-state index contributed by atoms with van der Waals surface area (Å²) in [6.45, 7) is 3.08. The Kier molecular flexibility index (Phi) is 4.80. The van der Waals surface area contributed by atoms with Crippen LogP contribution >= 0.6 is 0 Å². The van der Waals surface area contributed by atoms with E-state index in [4.69, 9.17) is 0 Å². The molecule has 0 bridgehead atoms. The number of amides is 2. The fourth-order valence-electron chi connectivity index (χ4n) is 1.98. The second kappa shape index (κ2) is 6.62. The Labute approximate surface area is 134 Å². The zero-order valence-electron chi connectivity index (χ0n) is 12.7. The van der Waals surface area contributed by atoms with E-state index in [1.54, 1.807) is 31.2 Å². The van der Waals surface area contributed by atoms with Gasteiger partial charge in [-0.3, -0.25) is 9.59 Å². The standard InChI is InChI=1S/C16H16N2O4S/c1-11-5-3-4-6-15(11)16(20)18-23(21,22)14-9-7-13(8-10-14)17-12(2)19/h3-10H,1-2H3,(H,17,19)(H,18,20). The van der Waals surface area contributed by atoms with Gasteiger partial charge in [0.25, 0.3) is 15.9 Å². The molecule has 2 aromatic carbocycles. The molecule has 0 spiro atoms. The van der Waals surface area contributed by atoms with Crippen molar-refractivity contribution >= 4 is 27.5 Å². The van der Waals surface area contributed by atoms with Gasteiger partial charge in [0.15, 0.2) is 0 Å². The van der Waals surface area contributed by atoms with Gasteiger partial charge in [0.05, 0.1) is 4.90 Å². The number of carbonyl (C=O) groups is 2. The van der Waals surface area contributed by atoms with E-state index >= 15 is 0 Å². The molecule has 0 aliphatic carbocycles. The summed E-state index contributed by atoms with van der Waals surface area (Å²) in [7, 11) is -3.98. The summed E-state index contributed by atoms with van der Waals surface area (Å²) >= 11 is 0. The lowest BCUT2D eigenvalue weighted by atomic mass is 10.1. The lowest BCUT2D eigenvalue weighted by Crippen LogP contribution is -2.31. The Hall–Kier alpha value is -2.67. The van der Waals surface area contributed by atoms with Crippen molar-refractivity contribution in [1.29, 1.82) is 0 Å². The number of aryl methyl sites for hydroxylation is 1. The number of benzene rings is 2. The van der Waals surface area contributed by atoms with Gasteiger partial charge in [-0.15, -0.1) is 0 Å². The van der Waals surface area contributed by atoms with Crippen molar-refractivity contribution in [1.82, 2.24) is 4.72 Å². The summed E-state index contributed by atoms with van der Waals surface area (Å²) in [5.41, 5.74) is 1.45. The number of sulfonamides is 1. The maximum atomic E-state index is 12.2. The molecule has 0 aliphatic heterocycles. The SMILES string of the molecule is CC(=O)Nc1ccc(S(=O)(=O)NC(=O)c2ccccc2C)cc1. The van der Waals surface area contributed by atoms with Crippen molar-refractivity contribution in [3.05, 3.63) is 59.7 Å². The van der Waals surface area contributed by atoms with Gasteiger partial charge in [0, 0.05) is 18.2 Å². The first-order chi connectivity index (χ1) is 10.8. The number of carbonyl (C=O) groups excluding carboxylic acids is 2. The van der Waals surface area contributed by atoms with Crippen LogP contribution in [0.1, 0.15) is 22.8 Å². The first-order valence-electron chi connectivity index (χ1n) is 6.80. The van der Waals surface area contributed by atoms with Crippen LogP contribution in [-0.2, 0) is 14.8 Å². The smallest absolute Gasteiger partial charge is 0.265 e. The van der Waals surface area contributed by atoms with Gasteiger partial charge in [-0.05, 0) is 42.8 Å². The van der Waals surface area contributed by atoms with Gasteiger partial charge in [-0.1, -0.05) is 18.2 Å². The number of nitrogens with one attached hydrogen (secondary N) is 2. The molecular weight excluding hydrogens is 316 g/mol. The van der Waals surface area contributed by atoms with Crippen molar-refractivity contribution in [2.75, 3.05) is 5.32 Å². The van der Waals surface area contributed by atoms with Crippen LogP contribution in [0.5, 0.6) is 0 Å². The van der Waals surface area contributed by atoms with Crippen molar-refractivity contribution < 1.29 is 18.0 Å². The van der Waals surface area contributed by atoms with E-state index in [9.17, 15) is 18.0 Å². The van der Waals surface area contributed by atoms with Gasteiger partial charge in [-0.25, -0.2) is 13.1 Å². The predicted molar refractivity (Wildman–Crippen MR) is 86.6 cm³/mol. The summed E-state index contributed by atoms with van der Waals surface area (Å²) in [4.78, 5) is 23.0. The molecule has 0 fully saturated rings. The molecule has 120 valence electrons. The summed E-state index contributed by atoms with van der Waals surface area (Å²) in [6, 6.07) is 12.3. The minimum absolute atomic E-state index is 0.0615. The van der Waals surface area contributed by atoms with Crippen LogP contribution in [0, 0.1) is 6.92 Å². The van der Waals surface area contributed by atoms with Gasteiger partial charge < -0.3 is 5.32 Å². The first kappa shape index (κ1) is 16.7. The molecule has 2 amide bonds. The van der Waals surface area contributed by atoms with Crippen LogP contribution in [0.4, 0.5) is 5.69 Å². The molecule has 0 aliphatic rings. The molecule has 0 radical (unpaired) electrons. The largest absolute Gasteiger partial charge is 0.326 e. The molecule has 0 atom stereocenters. The molecule has 7 heteroatoms. The molecule has 0 saturated heterocycles. The first-order valence-corrected chi connectivity index (χ1v) is 8.28. The highest BCUT2D eigenvalue weighted by atomic mass is 32.2. The normalized spacial score (nSPS) is 10.9. The molecule has 2 rings (SSSR count). The molecule has 2 aromatic rings. The predicted octanol–water partition coefficient (Wildman–Crippen LogP) is 2.07. The highest BCUT2D eigenvalue weighted by Crippen LogP contribution is 2.15. The molecule has 0 aromatic heterocycles. The lowest BCUT2D eigenvalue weighted by Gasteiger charge is -2.09. The number of hydrogen-bond donors (Lipinski definition) is 2. The third-order valence-corrected chi connectivity index (χ3v) is 4.45. The fourth-order valence-corrected chi connectivity index (χ4v) is 2.95. The van der Waals surface area contributed by atoms with Crippen LogP contribution in [0.2, 0.25) is 0 Å². The van der Waals surface area contributed by atoms with E-state index in [-0.39, 0.29) is 10.8 Å². The number of hydrogen-bond acceptors (Lipinski definition) is 4. The van der Waals surface area contributed by atoms with Crippen LogP contribution < -0.4 is 10.0 Å². The van der Waals surface area contributed by atoms with E-state index in [1.165, 1.54) is 31.2 Å². The van der Waals surface area contributed by atoms with Gasteiger partial charge in [-0.2, -0.15) is 0 Å². The Morgan fingerprint density at radius 3 is 2.13 bits per heavy atom. The van der Waals surface area contributed by atoms with Crippen LogP contribution in [0.15, 0.2) is 53.4 Å². The van der Waals surface area contributed by atoms with Crippen molar-refractivity contribution in [3.63, 3.8) is 0 Å². The maximum absolute atomic E-state index is 12.2. The highest BCUT2D eigenvalue weighted by Gasteiger charge is 2.19. The van der Waals surface area contributed by atoms with Crippen molar-refractivity contribution in [3.8, 4) is 0 Å². The second-order valence-electron chi connectivity index (χ2n) is 4.96. The molecule has 2 N–H and O–H groups in total. The topological polar surface area (TPSA) is 92.3 Å². The summed E-state index contributed by atoms with van der Waals surface area (Å²) in [5, 5.41) is 2.54. The molecular formula is C16H16N2O4S. The van der Waals surface area contributed by atoms with E-state index in [0.717, 1.165) is 0 Å². The van der Waals surface area contributed by atoms with Crippen LogP contribution in [0.25, 0.3) is 0 Å². The van der Waals surface area contributed by atoms with Crippen LogP contribution in [-0.4, -0.2) is 20.2 Å². The number of rotatable bonds is 4. The Balaban J connectivity index is 2.20. The Morgan fingerprint density at radius 2 is 1.57 bits per heavy atom. The summed E-state index contributed by atoms with van der Waals surface area (Å²) in [6.07, 6.45) is 0. The minimum atomic E-state index is -3.98.